The maximum atomic E-state index is 14.1. The van der Waals surface area contributed by atoms with Gasteiger partial charge in [0.2, 0.25) is 0 Å². The minimum Gasteiger partial charge on any atom is -0.487 e. The van der Waals surface area contributed by atoms with E-state index in [1.807, 2.05) is 0 Å². The van der Waals surface area contributed by atoms with Crippen LogP contribution in [0.2, 0.25) is 0 Å². The number of hydrogen-bond donors (Lipinski definition) is 0. The maximum absolute atomic E-state index is 14.1. The van der Waals surface area contributed by atoms with Crippen LogP contribution in [0, 0.1) is 5.82 Å². The van der Waals surface area contributed by atoms with Crippen molar-refractivity contribution >= 4 is 6.09 Å². The molecule has 2 aliphatic rings. The van der Waals surface area contributed by atoms with Crippen molar-refractivity contribution in [1.29, 1.82) is 0 Å². The van der Waals surface area contributed by atoms with Crippen LogP contribution in [0.1, 0.15) is 45.2 Å². The molecule has 2 unspecified atom stereocenters. The number of nitrogens with zero attached hydrogens (tertiary/aromatic N) is 1. The molecule has 0 aromatic heterocycles. The number of rotatable bonds is 2. The van der Waals surface area contributed by atoms with Gasteiger partial charge in [0.15, 0.2) is 11.6 Å². The summed E-state index contributed by atoms with van der Waals surface area (Å²) in [6.45, 7) is 2.61. The van der Waals surface area contributed by atoms with Crippen molar-refractivity contribution in [3.63, 3.8) is 0 Å². The van der Waals surface area contributed by atoms with Crippen LogP contribution in [0.5, 0.6) is 11.5 Å². The molecule has 1 fully saturated rings. The molecule has 8 heteroatoms. The predicted octanol–water partition coefficient (Wildman–Crippen LogP) is 4.26. The van der Waals surface area contributed by atoms with Crippen LogP contribution in [0.25, 0.3) is 0 Å². The van der Waals surface area contributed by atoms with Gasteiger partial charge in [-0.3, -0.25) is 4.90 Å². The molecule has 0 saturated carbocycles. The number of benzene rings is 1. The fraction of sp³-hybridized carbons (Fsp3) is 0.588. The van der Waals surface area contributed by atoms with E-state index in [-0.39, 0.29) is 11.9 Å². The number of hydrogen-bond acceptors (Lipinski definition) is 4. The monoisotopic (exact) mass is 359 g/mol. The maximum Gasteiger partial charge on any atom is 0.410 e. The van der Waals surface area contributed by atoms with Crippen molar-refractivity contribution in [1.82, 2.24) is 4.90 Å². The van der Waals surface area contributed by atoms with E-state index in [1.54, 1.807) is 20.8 Å². The summed E-state index contributed by atoms with van der Waals surface area (Å²) in [5.74, 6) is -1.24. The third-order valence-electron chi connectivity index (χ3n) is 4.08. The van der Waals surface area contributed by atoms with E-state index in [4.69, 9.17) is 9.47 Å². The lowest BCUT2D eigenvalue weighted by molar-refractivity contribution is -0.0523. The summed E-state index contributed by atoms with van der Waals surface area (Å²) in [6, 6.07) is 1.71. The summed E-state index contributed by atoms with van der Waals surface area (Å²) >= 11 is 0. The van der Waals surface area contributed by atoms with Crippen LogP contribution >= 0.6 is 0 Å². The van der Waals surface area contributed by atoms with Crippen molar-refractivity contribution < 1.29 is 32.2 Å². The van der Waals surface area contributed by atoms with E-state index in [1.165, 1.54) is 4.90 Å². The highest BCUT2D eigenvalue weighted by molar-refractivity contribution is 5.70. The molecule has 1 saturated heterocycles. The molecule has 1 amide bonds. The molecular formula is C17H20F3NO4. The molecule has 0 bridgehead atoms. The smallest absolute Gasteiger partial charge is 0.410 e. The summed E-state index contributed by atoms with van der Waals surface area (Å²) in [5.41, 5.74) is -0.221. The lowest BCUT2D eigenvalue weighted by Crippen LogP contribution is -2.46. The first-order chi connectivity index (χ1) is 11.7. The third-order valence-corrected chi connectivity index (χ3v) is 4.08. The van der Waals surface area contributed by atoms with Crippen LogP contribution in [0.15, 0.2) is 12.1 Å². The average Bonchev–Trinajstić information content (AvgIpc) is 2.82. The van der Waals surface area contributed by atoms with E-state index in [2.05, 4.69) is 4.74 Å². The molecule has 0 spiro atoms. The molecule has 0 radical (unpaired) electrons. The number of likely N-dealkylation sites (tertiary alicyclic amines) is 1. The normalized spacial score (nSPS) is 22.3. The molecule has 2 atom stereocenters. The summed E-state index contributed by atoms with van der Waals surface area (Å²) < 4.78 is 54.2. The van der Waals surface area contributed by atoms with Gasteiger partial charge in [0.1, 0.15) is 23.5 Å². The second kappa shape index (κ2) is 6.31. The average molecular weight is 359 g/mol. The van der Waals surface area contributed by atoms with Crippen LogP contribution < -0.4 is 9.47 Å². The molecule has 138 valence electrons. The summed E-state index contributed by atoms with van der Waals surface area (Å²) in [6.07, 6.45) is 0.507. The number of carbonyl (C=O) groups excluding carboxylic acids is 1. The lowest BCUT2D eigenvalue weighted by Gasteiger charge is -2.37. The minimum absolute atomic E-state index is 0.252. The molecule has 2 aliphatic heterocycles. The van der Waals surface area contributed by atoms with E-state index < -0.39 is 35.9 Å². The SMILES string of the molecule is CC(C)(C)OC(=O)N1CCCC2Oc3cc(OC(F)F)c(F)cc3C21. The van der Waals surface area contributed by atoms with E-state index in [9.17, 15) is 18.0 Å². The van der Waals surface area contributed by atoms with Crippen molar-refractivity contribution in [2.24, 2.45) is 0 Å². The zero-order valence-electron chi connectivity index (χ0n) is 14.2. The zero-order valence-corrected chi connectivity index (χ0v) is 14.2. The fourth-order valence-electron chi connectivity index (χ4n) is 3.21. The number of halogens is 3. The third kappa shape index (κ3) is 3.62. The molecule has 0 N–H and O–H groups in total. The second-order valence-electron chi connectivity index (χ2n) is 7.12. The number of amides is 1. The van der Waals surface area contributed by atoms with Gasteiger partial charge < -0.3 is 14.2 Å². The summed E-state index contributed by atoms with van der Waals surface area (Å²) in [7, 11) is 0. The Hall–Kier alpha value is -2.12. The minimum atomic E-state index is -3.13. The van der Waals surface area contributed by atoms with Crippen LogP contribution in [0.3, 0.4) is 0 Å². The standard InChI is InChI=1S/C17H20F3NO4/c1-17(2,3)25-16(22)21-6-4-5-11-14(21)9-7-10(18)13(24-15(19)20)8-12(9)23-11/h7-8,11,14-15H,4-6H2,1-3H3. The summed E-state index contributed by atoms with van der Waals surface area (Å²) in [5, 5.41) is 0. The summed E-state index contributed by atoms with van der Waals surface area (Å²) in [4.78, 5) is 14.0. The molecule has 3 rings (SSSR count). The molecular weight excluding hydrogens is 339 g/mol. The van der Waals surface area contributed by atoms with Gasteiger partial charge in [0.25, 0.3) is 0 Å². The molecule has 1 aromatic carbocycles. The van der Waals surface area contributed by atoms with E-state index in [0.29, 0.717) is 24.9 Å². The van der Waals surface area contributed by atoms with Gasteiger partial charge in [0.05, 0.1) is 0 Å². The Balaban J connectivity index is 1.91. The molecule has 5 nitrogen and oxygen atoms in total. The lowest BCUT2D eigenvalue weighted by atomic mass is 9.94. The predicted molar refractivity (Wildman–Crippen MR) is 82.4 cm³/mol. The number of ether oxygens (including phenoxy) is 3. The number of carbonyl (C=O) groups is 1. The number of piperidine rings is 1. The van der Waals surface area contributed by atoms with Crippen LogP contribution in [-0.2, 0) is 4.74 Å². The Labute approximate surface area is 143 Å². The number of alkyl halides is 2. The van der Waals surface area contributed by atoms with Gasteiger partial charge in [0, 0.05) is 18.2 Å². The van der Waals surface area contributed by atoms with Gasteiger partial charge in [-0.15, -0.1) is 0 Å². The Morgan fingerprint density at radius 3 is 2.72 bits per heavy atom. The Bertz CT molecular complexity index is 675. The van der Waals surface area contributed by atoms with Gasteiger partial charge in [-0.25, -0.2) is 9.18 Å². The van der Waals surface area contributed by atoms with Gasteiger partial charge in [-0.05, 0) is 39.7 Å². The van der Waals surface area contributed by atoms with Crippen molar-refractivity contribution in [3.8, 4) is 11.5 Å². The molecule has 0 aliphatic carbocycles. The Kier molecular flexibility index (Phi) is 4.47. The Morgan fingerprint density at radius 2 is 2.08 bits per heavy atom. The zero-order chi connectivity index (χ0) is 18.4. The van der Waals surface area contributed by atoms with Crippen LogP contribution in [-0.4, -0.2) is 35.9 Å². The van der Waals surface area contributed by atoms with E-state index in [0.717, 1.165) is 12.1 Å². The van der Waals surface area contributed by atoms with Crippen molar-refractivity contribution in [3.05, 3.63) is 23.5 Å². The quantitative estimate of drug-likeness (QED) is 0.792. The molecule has 1 aromatic rings. The first kappa shape index (κ1) is 17.7. The number of fused-ring (bicyclic) bond motifs is 3. The first-order valence-electron chi connectivity index (χ1n) is 8.10. The fourth-order valence-corrected chi connectivity index (χ4v) is 3.21. The topological polar surface area (TPSA) is 48.0 Å². The van der Waals surface area contributed by atoms with Crippen molar-refractivity contribution in [2.75, 3.05) is 6.54 Å². The van der Waals surface area contributed by atoms with Gasteiger partial charge in [-0.1, -0.05) is 0 Å². The highest BCUT2D eigenvalue weighted by atomic mass is 19.3. The second-order valence-corrected chi connectivity index (χ2v) is 7.12. The van der Waals surface area contributed by atoms with Crippen LogP contribution in [0.4, 0.5) is 18.0 Å². The van der Waals surface area contributed by atoms with Gasteiger partial charge in [-0.2, -0.15) is 8.78 Å². The first-order valence-corrected chi connectivity index (χ1v) is 8.10. The molecule has 2 heterocycles. The highest BCUT2D eigenvalue weighted by Gasteiger charge is 2.45. The van der Waals surface area contributed by atoms with Crippen molar-refractivity contribution in [2.45, 2.75) is 58.0 Å². The van der Waals surface area contributed by atoms with E-state index >= 15 is 0 Å². The van der Waals surface area contributed by atoms with Gasteiger partial charge >= 0.3 is 12.7 Å². The largest absolute Gasteiger partial charge is 0.487 e. The Morgan fingerprint density at radius 1 is 1.36 bits per heavy atom. The molecule has 25 heavy (non-hydrogen) atoms. The highest BCUT2D eigenvalue weighted by Crippen LogP contribution is 2.47.